The fourth-order valence-corrected chi connectivity index (χ4v) is 11.3. The van der Waals surface area contributed by atoms with E-state index in [2.05, 4.69) is 9.80 Å². The Hall–Kier alpha value is -7.28. The van der Waals surface area contributed by atoms with Gasteiger partial charge in [-0.05, 0) is 143 Å². The van der Waals surface area contributed by atoms with Gasteiger partial charge in [-0.25, -0.2) is 9.59 Å². The molecule has 0 unspecified atom stereocenters. The van der Waals surface area contributed by atoms with Gasteiger partial charge in [0, 0.05) is 58.3 Å². The lowest BCUT2D eigenvalue weighted by Crippen LogP contribution is -2.50. The van der Waals surface area contributed by atoms with E-state index in [4.69, 9.17) is 28.4 Å². The number of likely N-dealkylation sites (tertiary alicyclic amines) is 2. The summed E-state index contributed by atoms with van der Waals surface area (Å²) in [5.41, 5.74) is 5.88. The summed E-state index contributed by atoms with van der Waals surface area (Å²) >= 11 is 0. The van der Waals surface area contributed by atoms with Crippen LogP contribution in [0.2, 0.25) is 0 Å². The van der Waals surface area contributed by atoms with Crippen LogP contribution in [0.15, 0.2) is 133 Å². The Labute approximate surface area is 461 Å². The van der Waals surface area contributed by atoms with E-state index in [1.165, 1.54) is 13.8 Å². The van der Waals surface area contributed by atoms with E-state index in [0.717, 1.165) is 96.6 Å². The number of hydrogen-bond donors (Lipinski definition) is 0. The second-order valence-corrected chi connectivity index (χ2v) is 21.2. The maximum Gasteiger partial charge on any atom is 0.418 e. The van der Waals surface area contributed by atoms with E-state index < -0.39 is 23.1 Å². The van der Waals surface area contributed by atoms with Gasteiger partial charge in [0.1, 0.15) is 0 Å². The molecule has 2 saturated heterocycles. The number of Topliss-reactive ketones (excluding diaryl/α,β-unsaturated/α-hetero) is 2. The van der Waals surface area contributed by atoms with Crippen LogP contribution in [0.1, 0.15) is 118 Å². The smallest absolute Gasteiger partial charge is 0.418 e. The van der Waals surface area contributed by atoms with Crippen molar-refractivity contribution in [2.75, 3.05) is 66.7 Å². The van der Waals surface area contributed by atoms with Crippen LogP contribution in [0, 0.1) is 39.5 Å². The zero-order valence-electron chi connectivity index (χ0n) is 46.7. The second-order valence-electron chi connectivity index (χ2n) is 21.2. The van der Waals surface area contributed by atoms with E-state index >= 15 is 9.59 Å². The van der Waals surface area contributed by atoms with Crippen LogP contribution >= 0.6 is 0 Å². The second kappa shape index (κ2) is 25.9. The summed E-state index contributed by atoms with van der Waals surface area (Å²) in [7, 11) is 3.14. The molecular formula is C66H76N2O10. The molecule has 2 fully saturated rings. The van der Waals surface area contributed by atoms with Crippen molar-refractivity contribution in [1.82, 2.24) is 9.80 Å². The third-order valence-electron chi connectivity index (χ3n) is 15.8. The Kier molecular flexibility index (Phi) is 18.9. The Morgan fingerprint density at radius 3 is 1.00 bits per heavy atom. The molecular weight excluding hydrogens is 981 g/mol. The third-order valence-corrected chi connectivity index (χ3v) is 15.8. The summed E-state index contributed by atoms with van der Waals surface area (Å²) in [4.78, 5) is 59.3. The Bertz CT molecular complexity index is 2690. The standard InChI is InChI=1S/C66H76N2O10/c1-45-11-21-53(22-12-45)65(54-23-13-46(2)14-24-54,57-31-37-67(38-32-57)35-9-41-75-59-29-19-51(49(5)69)43-61(59)73-7)77-63(71)64(72)78-66(55-25-15-47(3)16-26-55,56-27-17-48(4)18-28-56)58-33-39-68(40-34-58)36-10-42-76-60-30-20-52(50(6)70)44-62(60)74-8/h11-30,43-44,57-58H,9-10,31-42H2,1-8H3. The molecule has 0 spiro atoms. The first-order valence-electron chi connectivity index (χ1n) is 27.5. The monoisotopic (exact) mass is 1060 g/mol. The number of ether oxygens (including phenoxy) is 6. The highest BCUT2D eigenvalue weighted by Crippen LogP contribution is 2.48. The predicted octanol–water partition coefficient (Wildman–Crippen LogP) is 12.0. The van der Waals surface area contributed by atoms with Crippen LogP contribution in [0.3, 0.4) is 0 Å². The largest absolute Gasteiger partial charge is 0.493 e. The molecule has 0 amide bonds. The summed E-state index contributed by atoms with van der Waals surface area (Å²) in [5.74, 6) is -0.328. The van der Waals surface area contributed by atoms with Crippen LogP contribution in [-0.2, 0) is 30.3 Å². The molecule has 2 aliphatic heterocycles. The third kappa shape index (κ3) is 13.2. The first-order valence-corrected chi connectivity index (χ1v) is 27.5. The van der Waals surface area contributed by atoms with Crippen molar-refractivity contribution in [1.29, 1.82) is 0 Å². The molecule has 0 saturated carbocycles. The lowest BCUT2D eigenvalue weighted by atomic mass is 9.71. The van der Waals surface area contributed by atoms with Crippen molar-refractivity contribution in [2.24, 2.45) is 11.8 Å². The number of carbonyl (C=O) groups excluding carboxylic acids is 4. The molecule has 78 heavy (non-hydrogen) atoms. The van der Waals surface area contributed by atoms with Gasteiger partial charge >= 0.3 is 11.9 Å². The predicted molar refractivity (Wildman–Crippen MR) is 303 cm³/mol. The molecule has 0 radical (unpaired) electrons. The Balaban J connectivity index is 1.03. The molecule has 0 N–H and O–H groups in total. The first kappa shape index (κ1) is 56.9. The number of hydrogen-bond acceptors (Lipinski definition) is 12. The number of methoxy groups -OCH3 is 2. The number of esters is 2. The molecule has 8 rings (SSSR count). The van der Waals surface area contributed by atoms with Crippen LogP contribution in [-0.4, -0.2) is 100 Å². The highest BCUT2D eigenvalue weighted by molar-refractivity contribution is 6.30. The van der Waals surface area contributed by atoms with Gasteiger partial charge in [-0.2, -0.15) is 0 Å². The van der Waals surface area contributed by atoms with E-state index in [9.17, 15) is 9.59 Å². The molecule has 0 aliphatic carbocycles. The number of carbonyl (C=O) groups is 4. The summed E-state index contributed by atoms with van der Waals surface area (Å²) in [6, 6.07) is 43.0. The maximum absolute atomic E-state index is 15.3. The van der Waals surface area contributed by atoms with Crippen LogP contribution in [0.25, 0.3) is 0 Å². The number of ketones is 2. The molecule has 6 aromatic carbocycles. The number of nitrogens with zero attached hydrogens (tertiary/aromatic N) is 2. The number of aryl methyl sites for hydroxylation is 4. The van der Waals surface area contributed by atoms with Crippen molar-refractivity contribution in [3.63, 3.8) is 0 Å². The Morgan fingerprint density at radius 1 is 0.436 bits per heavy atom. The van der Waals surface area contributed by atoms with Crippen molar-refractivity contribution >= 4 is 23.5 Å². The van der Waals surface area contributed by atoms with Gasteiger partial charge < -0.3 is 38.2 Å². The molecule has 410 valence electrons. The zero-order chi connectivity index (χ0) is 55.4. The first-order chi connectivity index (χ1) is 37.6. The molecule has 6 aromatic rings. The molecule has 12 heteroatoms. The van der Waals surface area contributed by atoms with Crippen LogP contribution < -0.4 is 18.9 Å². The number of rotatable bonds is 22. The SMILES string of the molecule is COc1cc(C(C)=O)ccc1OCCCN1CCC(C(OC(=O)C(=O)OC(c2ccc(C)cc2)(c2ccc(C)cc2)C2CCN(CCCOc3ccc(C(C)=O)cc3OC)CC2)(c2ccc(C)cc2)c2ccc(C)cc2)CC1. The normalized spacial score (nSPS) is 14.8. The van der Waals surface area contributed by atoms with Crippen LogP contribution in [0.5, 0.6) is 23.0 Å². The van der Waals surface area contributed by atoms with Crippen molar-refractivity contribution < 1.29 is 47.6 Å². The highest BCUT2D eigenvalue weighted by atomic mass is 16.6. The molecule has 2 aliphatic rings. The summed E-state index contributed by atoms with van der Waals surface area (Å²) < 4.78 is 37.3. The molecule has 0 aromatic heterocycles. The topological polar surface area (TPSA) is 130 Å². The lowest BCUT2D eigenvalue weighted by Gasteiger charge is -2.46. The van der Waals surface area contributed by atoms with Crippen molar-refractivity contribution in [3.8, 4) is 23.0 Å². The summed E-state index contributed by atoms with van der Waals surface area (Å²) in [5, 5.41) is 0. The summed E-state index contributed by atoms with van der Waals surface area (Å²) in [6.45, 7) is 16.6. The average Bonchev–Trinajstić information content (AvgIpc) is 3.49. The van der Waals surface area contributed by atoms with Gasteiger partial charge in [-0.15, -0.1) is 0 Å². The molecule has 2 heterocycles. The molecule has 0 bridgehead atoms. The van der Waals surface area contributed by atoms with Gasteiger partial charge in [-0.3, -0.25) is 9.59 Å². The minimum Gasteiger partial charge on any atom is -0.493 e. The number of piperidine rings is 2. The highest BCUT2D eigenvalue weighted by Gasteiger charge is 2.52. The molecule has 12 nitrogen and oxygen atoms in total. The fourth-order valence-electron chi connectivity index (χ4n) is 11.3. The summed E-state index contributed by atoms with van der Waals surface area (Å²) in [6.07, 6.45) is 4.28. The number of benzene rings is 6. The minimum atomic E-state index is -1.33. The lowest BCUT2D eigenvalue weighted by molar-refractivity contribution is -0.191. The van der Waals surface area contributed by atoms with E-state index in [1.54, 1.807) is 50.6 Å². The Morgan fingerprint density at radius 2 is 0.731 bits per heavy atom. The van der Waals surface area contributed by atoms with Gasteiger partial charge in [0.05, 0.1) is 27.4 Å². The van der Waals surface area contributed by atoms with Crippen molar-refractivity contribution in [2.45, 2.75) is 91.3 Å². The van der Waals surface area contributed by atoms with Crippen molar-refractivity contribution in [3.05, 3.63) is 189 Å². The van der Waals surface area contributed by atoms with Crippen LogP contribution in [0.4, 0.5) is 0 Å². The zero-order valence-corrected chi connectivity index (χ0v) is 46.7. The maximum atomic E-state index is 15.3. The van der Waals surface area contributed by atoms with E-state index in [-0.39, 0.29) is 23.4 Å². The van der Waals surface area contributed by atoms with Gasteiger partial charge in [0.15, 0.2) is 45.8 Å². The minimum absolute atomic E-state index is 0.0395. The van der Waals surface area contributed by atoms with E-state index in [0.29, 0.717) is 73.0 Å². The fraction of sp³-hybridized carbons (Fsp3) is 0.394. The van der Waals surface area contributed by atoms with Gasteiger partial charge in [-0.1, -0.05) is 119 Å². The quantitative estimate of drug-likeness (QED) is 0.0278. The van der Waals surface area contributed by atoms with Gasteiger partial charge in [0.25, 0.3) is 0 Å². The average molecular weight is 1060 g/mol. The van der Waals surface area contributed by atoms with Gasteiger partial charge in [0.2, 0.25) is 0 Å². The molecule has 0 atom stereocenters. The van der Waals surface area contributed by atoms with E-state index in [1.807, 2.05) is 125 Å².